The molecule has 4 heterocycles. The average molecular weight is 566 g/mol. The molecule has 3 aromatic carbocycles. The molecule has 3 aliphatic heterocycles. The van der Waals surface area contributed by atoms with Gasteiger partial charge in [0.1, 0.15) is 17.4 Å². The minimum absolute atomic E-state index is 0.132. The molecular formula is C33H35N5O4. The van der Waals surface area contributed by atoms with Gasteiger partial charge in [-0.25, -0.2) is 4.98 Å². The van der Waals surface area contributed by atoms with Crippen LogP contribution in [0.25, 0.3) is 11.1 Å². The minimum Gasteiger partial charge on any atom is -0.490 e. The molecule has 216 valence electrons. The second-order valence-corrected chi connectivity index (χ2v) is 11.8. The van der Waals surface area contributed by atoms with Gasteiger partial charge in [0, 0.05) is 75.0 Å². The molecule has 2 unspecified atom stereocenters. The highest BCUT2D eigenvalue weighted by Gasteiger charge is 2.46. The Morgan fingerprint density at radius 3 is 2.43 bits per heavy atom. The molecule has 9 nitrogen and oxygen atoms in total. The highest BCUT2D eigenvalue weighted by atomic mass is 16.5. The van der Waals surface area contributed by atoms with Gasteiger partial charge in [-0.15, -0.1) is 0 Å². The number of likely N-dealkylation sites (tertiary alicyclic amines) is 2. The fourth-order valence-corrected chi connectivity index (χ4v) is 6.57. The maximum Gasteiger partial charge on any atom is 0.310 e. The molecule has 2 atom stereocenters. The molecule has 2 bridgehead atoms. The monoisotopic (exact) mass is 565 g/mol. The summed E-state index contributed by atoms with van der Waals surface area (Å²) in [6.07, 6.45) is 2.96. The number of piperidine rings is 1. The van der Waals surface area contributed by atoms with Crippen molar-refractivity contribution in [1.82, 2.24) is 14.8 Å². The fourth-order valence-electron chi connectivity index (χ4n) is 6.57. The molecule has 42 heavy (non-hydrogen) atoms. The summed E-state index contributed by atoms with van der Waals surface area (Å²) in [5.41, 5.74) is 10.7. The maximum atomic E-state index is 13.4. The van der Waals surface area contributed by atoms with E-state index in [-0.39, 0.29) is 30.0 Å². The van der Waals surface area contributed by atoms with Gasteiger partial charge in [0.2, 0.25) is 5.91 Å². The van der Waals surface area contributed by atoms with Crippen LogP contribution < -0.4 is 15.4 Å². The number of amides is 2. The van der Waals surface area contributed by atoms with Crippen LogP contribution in [0.15, 0.2) is 71.1 Å². The van der Waals surface area contributed by atoms with Crippen LogP contribution >= 0.6 is 0 Å². The summed E-state index contributed by atoms with van der Waals surface area (Å²) < 4.78 is 12.3. The van der Waals surface area contributed by atoms with Crippen LogP contribution in [0.3, 0.4) is 0 Å². The number of hydrogen-bond donors (Lipinski definition) is 1. The minimum atomic E-state index is -0.422. The predicted molar refractivity (Wildman–Crippen MR) is 160 cm³/mol. The molecule has 1 aromatic heterocycles. The number of carbonyl (C=O) groups excluding carboxylic acids is 2. The molecule has 3 fully saturated rings. The zero-order valence-electron chi connectivity index (χ0n) is 23.7. The van der Waals surface area contributed by atoms with Gasteiger partial charge in [0.25, 0.3) is 5.89 Å². The molecule has 0 aliphatic carbocycles. The molecule has 2 N–H and O–H groups in total. The number of anilines is 1. The lowest BCUT2D eigenvalue weighted by Crippen LogP contribution is -2.48. The second-order valence-electron chi connectivity index (χ2n) is 11.8. The SMILES string of the molecule is Cc1ccc(N2CCC(Oc3ccc4nc(C(=O)N5CC6CC5CN6Cc5ccc(C(N)=O)cc5)oc4c3)CC2)cc1. The first-order valence-corrected chi connectivity index (χ1v) is 14.7. The normalized spacial score (nSPS) is 20.9. The number of carbonyl (C=O) groups is 2. The molecule has 3 saturated heterocycles. The van der Waals surface area contributed by atoms with Crippen molar-refractivity contribution in [3.8, 4) is 5.75 Å². The fraction of sp³-hybridized carbons (Fsp3) is 0.364. The van der Waals surface area contributed by atoms with E-state index in [4.69, 9.17) is 14.9 Å². The number of primary amides is 1. The van der Waals surface area contributed by atoms with Crippen LogP contribution in [0.2, 0.25) is 0 Å². The molecule has 4 aromatic rings. The molecule has 0 spiro atoms. The van der Waals surface area contributed by atoms with Crippen LogP contribution in [-0.4, -0.2) is 71.0 Å². The van der Waals surface area contributed by atoms with Gasteiger partial charge in [-0.1, -0.05) is 29.8 Å². The topological polar surface area (TPSA) is 105 Å². The van der Waals surface area contributed by atoms with Gasteiger partial charge >= 0.3 is 5.91 Å². The number of rotatable bonds is 7. The van der Waals surface area contributed by atoms with Crippen molar-refractivity contribution in [2.45, 2.75) is 50.9 Å². The van der Waals surface area contributed by atoms with Crippen molar-refractivity contribution in [2.75, 3.05) is 31.1 Å². The highest BCUT2D eigenvalue weighted by Crippen LogP contribution is 2.34. The van der Waals surface area contributed by atoms with Gasteiger partial charge in [0.05, 0.1) is 0 Å². The van der Waals surface area contributed by atoms with E-state index in [0.29, 0.717) is 23.2 Å². The van der Waals surface area contributed by atoms with E-state index in [1.807, 2.05) is 35.2 Å². The average Bonchev–Trinajstić information content (AvgIpc) is 3.72. The Hall–Kier alpha value is -4.37. The molecule has 7 rings (SSSR count). The van der Waals surface area contributed by atoms with Crippen molar-refractivity contribution < 1.29 is 18.7 Å². The van der Waals surface area contributed by atoms with E-state index in [9.17, 15) is 9.59 Å². The first kappa shape index (κ1) is 26.5. The molecule has 0 radical (unpaired) electrons. The van der Waals surface area contributed by atoms with Crippen LogP contribution in [0, 0.1) is 6.92 Å². The number of hydrogen-bond acceptors (Lipinski definition) is 7. The Bertz CT molecular complexity index is 1610. The lowest BCUT2D eigenvalue weighted by atomic mass is 10.1. The Kier molecular flexibility index (Phi) is 6.82. The van der Waals surface area contributed by atoms with Gasteiger partial charge in [-0.2, -0.15) is 0 Å². The zero-order chi connectivity index (χ0) is 28.8. The Morgan fingerprint density at radius 1 is 0.976 bits per heavy atom. The summed E-state index contributed by atoms with van der Waals surface area (Å²) in [4.78, 5) is 36.0. The van der Waals surface area contributed by atoms with Crippen molar-refractivity contribution in [3.63, 3.8) is 0 Å². The summed E-state index contributed by atoms with van der Waals surface area (Å²) in [7, 11) is 0. The van der Waals surface area contributed by atoms with Crippen LogP contribution in [0.5, 0.6) is 5.75 Å². The number of nitrogens with zero attached hydrogens (tertiary/aromatic N) is 4. The number of nitrogens with two attached hydrogens (primary N) is 1. The third kappa shape index (κ3) is 5.20. The number of aryl methyl sites for hydroxylation is 1. The quantitative estimate of drug-likeness (QED) is 0.355. The van der Waals surface area contributed by atoms with Gasteiger partial charge in [-0.05, 0) is 55.3 Å². The first-order chi connectivity index (χ1) is 20.4. The predicted octanol–water partition coefficient (Wildman–Crippen LogP) is 4.38. The van der Waals surface area contributed by atoms with E-state index < -0.39 is 5.91 Å². The van der Waals surface area contributed by atoms with Gasteiger partial charge in [-0.3, -0.25) is 14.5 Å². The first-order valence-electron chi connectivity index (χ1n) is 14.7. The standard InChI is InChI=1S/C33H35N5O4/c1-21-2-8-24(9-3-21)36-14-12-27(13-15-36)41-28-10-11-29-30(17-28)42-32(35-29)33(40)38-20-25-16-26(38)19-37(25)18-22-4-6-23(7-5-22)31(34)39/h2-11,17,25-27H,12-16,18-20H2,1H3,(H2,34,39). The largest absolute Gasteiger partial charge is 0.490 e. The van der Waals surface area contributed by atoms with E-state index in [2.05, 4.69) is 46.0 Å². The summed E-state index contributed by atoms with van der Waals surface area (Å²) in [6, 6.07) is 22.2. The second kappa shape index (κ2) is 10.8. The van der Waals surface area contributed by atoms with E-state index in [1.54, 1.807) is 12.1 Å². The van der Waals surface area contributed by atoms with E-state index in [0.717, 1.165) is 56.8 Å². The molecule has 9 heteroatoms. The number of aromatic nitrogens is 1. The smallest absolute Gasteiger partial charge is 0.310 e. The van der Waals surface area contributed by atoms with E-state index >= 15 is 0 Å². The van der Waals surface area contributed by atoms with E-state index in [1.165, 1.54) is 11.3 Å². The van der Waals surface area contributed by atoms with Crippen molar-refractivity contribution >= 4 is 28.6 Å². The molecule has 3 aliphatic rings. The van der Waals surface area contributed by atoms with Crippen LogP contribution in [0.1, 0.15) is 51.4 Å². The Labute approximate surface area is 244 Å². The third-order valence-electron chi connectivity index (χ3n) is 8.93. The number of oxazole rings is 1. The lowest BCUT2D eigenvalue weighted by molar-refractivity contribution is 0.0579. The third-order valence-corrected chi connectivity index (χ3v) is 8.93. The lowest BCUT2D eigenvalue weighted by Gasteiger charge is -2.33. The van der Waals surface area contributed by atoms with Crippen LogP contribution in [0.4, 0.5) is 5.69 Å². The molecule has 0 saturated carbocycles. The number of fused-ring (bicyclic) bond motifs is 3. The summed E-state index contributed by atoms with van der Waals surface area (Å²) in [5.74, 6) is 0.296. The molecular weight excluding hydrogens is 530 g/mol. The zero-order valence-corrected chi connectivity index (χ0v) is 23.7. The van der Waals surface area contributed by atoms with Gasteiger partial charge in [0.15, 0.2) is 5.58 Å². The maximum absolute atomic E-state index is 13.4. The summed E-state index contributed by atoms with van der Waals surface area (Å²) in [5, 5.41) is 0. The molecule has 2 amide bonds. The number of benzene rings is 3. The van der Waals surface area contributed by atoms with Crippen molar-refractivity contribution in [2.24, 2.45) is 5.73 Å². The summed E-state index contributed by atoms with van der Waals surface area (Å²) in [6.45, 7) is 6.24. The van der Waals surface area contributed by atoms with Crippen LogP contribution in [-0.2, 0) is 6.54 Å². The van der Waals surface area contributed by atoms with Gasteiger partial charge < -0.3 is 24.7 Å². The Morgan fingerprint density at radius 2 is 1.74 bits per heavy atom. The van der Waals surface area contributed by atoms with Crippen molar-refractivity contribution in [3.05, 3.63) is 89.3 Å². The highest BCUT2D eigenvalue weighted by molar-refractivity contribution is 5.93. The summed E-state index contributed by atoms with van der Waals surface area (Å²) >= 11 is 0. The number of ether oxygens (including phenoxy) is 1. The number of piperazine rings is 1. The van der Waals surface area contributed by atoms with Crippen molar-refractivity contribution in [1.29, 1.82) is 0 Å². The Balaban J connectivity index is 0.950.